The van der Waals surface area contributed by atoms with Crippen molar-refractivity contribution < 1.29 is 46.6 Å². The third kappa shape index (κ3) is 2.34. The van der Waals surface area contributed by atoms with E-state index in [-0.39, 0.29) is 38.8 Å². The monoisotopic (exact) mass is 323 g/mol. The van der Waals surface area contributed by atoms with Gasteiger partial charge in [0.25, 0.3) is 0 Å². The van der Waals surface area contributed by atoms with Crippen LogP contribution in [0.1, 0.15) is 12.8 Å². The van der Waals surface area contributed by atoms with Crippen molar-refractivity contribution in [3.63, 3.8) is 0 Å². The molecule has 1 atom stereocenters. The van der Waals surface area contributed by atoms with Crippen molar-refractivity contribution in [2.75, 3.05) is 6.61 Å². The minimum atomic E-state index is -0.490. The third-order valence-corrected chi connectivity index (χ3v) is 2.74. The summed E-state index contributed by atoms with van der Waals surface area (Å²) in [4.78, 5) is 13.7. The van der Waals surface area contributed by atoms with Crippen molar-refractivity contribution in [3.8, 4) is 11.5 Å². The second kappa shape index (κ2) is 5.45. The van der Waals surface area contributed by atoms with Gasteiger partial charge in [-0.1, -0.05) is 0 Å². The minimum absolute atomic E-state index is 0. The number of hydrogen-bond donors (Lipinski definition) is 1. The Labute approximate surface area is 129 Å². The minimum Gasteiger partial charge on any atom is -0.486 e. The molecule has 1 N–H and O–H groups in total. The average Bonchev–Trinajstić information content (AvgIpc) is 2.70. The van der Waals surface area contributed by atoms with E-state index in [0.29, 0.717) is 29.2 Å². The third-order valence-electron chi connectivity index (χ3n) is 2.74. The van der Waals surface area contributed by atoms with Gasteiger partial charge < -0.3 is 20.8 Å². The SMILES string of the molecule is [CH2-]CCC1COc2ccc3[nH]c(=O)oc3c2O1.[Y]. The van der Waals surface area contributed by atoms with Crippen LogP contribution in [0, 0.1) is 6.92 Å². The molecule has 0 spiro atoms. The molecule has 0 saturated heterocycles. The van der Waals surface area contributed by atoms with Crippen LogP contribution in [0.2, 0.25) is 0 Å². The van der Waals surface area contributed by atoms with Crippen LogP contribution in [0.15, 0.2) is 21.3 Å². The van der Waals surface area contributed by atoms with Crippen LogP contribution in [0.4, 0.5) is 0 Å². The van der Waals surface area contributed by atoms with Gasteiger partial charge in [-0.25, -0.2) is 4.79 Å². The van der Waals surface area contributed by atoms with Crippen molar-refractivity contribution in [2.24, 2.45) is 0 Å². The quantitative estimate of drug-likeness (QED) is 0.857. The molecule has 18 heavy (non-hydrogen) atoms. The van der Waals surface area contributed by atoms with E-state index < -0.39 is 5.76 Å². The Morgan fingerprint density at radius 1 is 1.44 bits per heavy atom. The molecule has 1 radical (unpaired) electrons. The molecule has 2 heterocycles. The van der Waals surface area contributed by atoms with Crippen LogP contribution in [-0.4, -0.2) is 17.7 Å². The Hall–Kier alpha value is -0.806. The number of benzene rings is 1. The van der Waals surface area contributed by atoms with E-state index in [4.69, 9.17) is 13.9 Å². The molecule has 0 fully saturated rings. The zero-order valence-electron chi connectivity index (χ0n) is 9.77. The number of oxazole rings is 1. The molecule has 0 saturated carbocycles. The maximum absolute atomic E-state index is 11.2. The van der Waals surface area contributed by atoms with Crippen molar-refractivity contribution in [1.29, 1.82) is 0 Å². The second-order valence-electron chi connectivity index (χ2n) is 3.98. The van der Waals surface area contributed by atoms with Crippen LogP contribution >= 0.6 is 0 Å². The van der Waals surface area contributed by atoms with Crippen LogP contribution in [0.3, 0.4) is 0 Å². The number of fused-ring (bicyclic) bond motifs is 3. The summed E-state index contributed by atoms with van der Waals surface area (Å²) >= 11 is 0. The molecule has 0 amide bonds. The van der Waals surface area contributed by atoms with Crippen molar-refractivity contribution in [1.82, 2.24) is 4.98 Å². The number of nitrogens with one attached hydrogen (secondary N) is 1. The first kappa shape index (κ1) is 13.6. The smallest absolute Gasteiger partial charge is 0.417 e. The van der Waals surface area contributed by atoms with Gasteiger partial charge in [0.1, 0.15) is 12.7 Å². The molecule has 5 nitrogen and oxygen atoms in total. The number of aromatic amines is 1. The Balaban J connectivity index is 0.00000120. The fraction of sp³-hybridized carbons (Fsp3) is 0.333. The predicted molar refractivity (Wildman–Crippen MR) is 61.3 cm³/mol. The van der Waals surface area contributed by atoms with Gasteiger partial charge in [-0.3, -0.25) is 4.98 Å². The zero-order chi connectivity index (χ0) is 11.8. The molecule has 1 aromatic carbocycles. The van der Waals surface area contributed by atoms with Gasteiger partial charge in [0, 0.05) is 32.7 Å². The fourth-order valence-electron chi connectivity index (χ4n) is 1.95. The Morgan fingerprint density at radius 3 is 3.06 bits per heavy atom. The molecule has 1 aliphatic heterocycles. The van der Waals surface area contributed by atoms with Gasteiger partial charge >= 0.3 is 5.76 Å². The molecule has 1 aromatic heterocycles. The number of rotatable bonds is 2. The molecule has 0 bridgehead atoms. The van der Waals surface area contributed by atoms with E-state index in [9.17, 15) is 4.79 Å². The zero-order valence-corrected chi connectivity index (χ0v) is 12.6. The summed E-state index contributed by atoms with van der Waals surface area (Å²) in [6, 6.07) is 3.51. The molecular weight excluding hydrogens is 311 g/mol. The first-order chi connectivity index (χ1) is 8.28. The topological polar surface area (TPSA) is 64.5 Å². The van der Waals surface area contributed by atoms with Crippen LogP contribution < -0.4 is 15.2 Å². The molecule has 6 heteroatoms. The number of aromatic nitrogens is 1. The molecule has 1 aliphatic rings. The second-order valence-corrected chi connectivity index (χ2v) is 3.98. The molecular formula is C12H12NO4Y-. The summed E-state index contributed by atoms with van der Waals surface area (Å²) < 4.78 is 16.4. The van der Waals surface area contributed by atoms with E-state index >= 15 is 0 Å². The van der Waals surface area contributed by atoms with Gasteiger partial charge in [0.05, 0.1) is 5.52 Å². The van der Waals surface area contributed by atoms with Crippen molar-refractivity contribution in [2.45, 2.75) is 18.9 Å². The number of H-pyrrole nitrogens is 1. The fourth-order valence-corrected chi connectivity index (χ4v) is 1.95. The standard InChI is InChI=1S/C12H12NO4.Y/c1-2-3-7-6-15-9-5-4-8-10(11(9)16-7)17-12(14)13-8;/h4-5,7H,1-3,6H2,(H,13,14);/q-1;. The van der Waals surface area contributed by atoms with Gasteiger partial charge in [-0.05, 0) is 18.6 Å². The average molecular weight is 323 g/mol. The first-order valence-corrected chi connectivity index (χ1v) is 5.52. The van der Waals surface area contributed by atoms with E-state index in [1.54, 1.807) is 12.1 Å². The first-order valence-electron chi connectivity index (χ1n) is 5.52. The van der Waals surface area contributed by atoms with Crippen LogP contribution in [0.5, 0.6) is 11.5 Å². The summed E-state index contributed by atoms with van der Waals surface area (Å²) in [5, 5.41) is 0. The largest absolute Gasteiger partial charge is 0.486 e. The van der Waals surface area contributed by atoms with Gasteiger partial charge in [0.2, 0.25) is 11.3 Å². The van der Waals surface area contributed by atoms with E-state index in [1.807, 2.05) is 0 Å². The number of hydrogen-bond acceptors (Lipinski definition) is 4. The maximum atomic E-state index is 11.2. The maximum Gasteiger partial charge on any atom is 0.417 e. The predicted octanol–water partition coefficient (Wildman–Crippen LogP) is 1.87. The Morgan fingerprint density at radius 2 is 2.28 bits per heavy atom. The molecule has 3 rings (SSSR count). The molecule has 0 aliphatic carbocycles. The van der Waals surface area contributed by atoms with Crippen molar-refractivity contribution >= 4 is 11.1 Å². The summed E-state index contributed by atoms with van der Waals surface area (Å²) in [5.74, 6) is 0.627. The summed E-state index contributed by atoms with van der Waals surface area (Å²) in [6.07, 6.45) is 1.55. The Kier molecular flexibility index (Phi) is 4.12. The Bertz CT molecular complexity index is 604. The van der Waals surface area contributed by atoms with Gasteiger partial charge in [0.15, 0.2) is 5.75 Å². The molecule has 93 valence electrons. The molecule has 1 unspecified atom stereocenters. The van der Waals surface area contributed by atoms with Gasteiger partial charge in [-0.2, -0.15) is 6.42 Å². The van der Waals surface area contributed by atoms with E-state index in [1.165, 1.54) is 0 Å². The van der Waals surface area contributed by atoms with Crippen molar-refractivity contribution in [3.05, 3.63) is 29.6 Å². The van der Waals surface area contributed by atoms with Crippen LogP contribution in [0.25, 0.3) is 11.1 Å². The summed E-state index contributed by atoms with van der Waals surface area (Å²) in [5.41, 5.74) is 1.04. The van der Waals surface area contributed by atoms with Gasteiger partial charge in [-0.15, -0.1) is 0 Å². The van der Waals surface area contributed by atoms with E-state index in [2.05, 4.69) is 11.9 Å². The molecule has 2 aromatic rings. The summed E-state index contributed by atoms with van der Waals surface area (Å²) in [6.45, 7) is 4.29. The number of ether oxygens (including phenoxy) is 2. The van der Waals surface area contributed by atoms with E-state index in [0.717, 1.165) is 12.8 Å². The normalized spacial score (nSPS) is 17.5. The van der Waals surface area contributed by atoms with Crippen LogP contribution in [-0.2, 0) is 32.7 Å². The summed E-state index contributed by atoms with van der Waals surface area (Å²) in [7, 11) is 0.